The molecule has 0 aliphatic carbocycles. The average molecular weight is 284 g/mol. The molecule has 0 unspecified atom stereocenters. The molecular formula is C12H16N2O4S. The van der Waals surface area contributed by atoms with Gasteiger partial charge >= 0.3 is 5.97 Å². The van der Waals surface area contributed by atoms with Crippen molar-refractivity contribution in [2.75, 3.05) is 23.7 Å². The van der Waals surface area contributed by atoms with Gasteiger partial charge in [0.2, 0.25) is 10.0 Å². The lowest BCUT2D eigenvalue weighted by molar-refractivity contribution is 0.0695. The first kappa shape index (κ1) is 13.8. The number of benzene rings is 1. The maximum absolute atomic E-state index is 11.2. The van der Waals surface area contributed by atoms with Gasteiger partial charge in [-0.2, -0.15) is 0 Å². The molecule has 0 fully saturated rings. The molecule has 0 radical (unpaired) electrons. The number of carbonyl (C=O) groups is 1. The number of nitrogens with two attached hydrogens (primary N) is 1. The molecule has 3 N–H and O–H groups in total. The van der Waals surface area contributed by atoms with Gasteiger partial charge < -0.3 is 10.0 Å². The van der Waals surface area contributed by atoms with Crippen LogP contribution in [0.3, 0.4) is 0 Å². The van der Waals surface area contributed by atoms with Crippen LogP contribution in [0, 0.1) is 0 Å². The SMILES string of the molecule is NS(=O)(=O)CCN1CCCc2c(C(=O)O)cccc21. The minimum atomic E-state index is -3.51. The zero-order chi connectivity index (χ0) is 14.0. The van der Waals surface area contributed by atoms with Gasteiger partial charge in [0.1, 0.15) is 0 Å². The molecule has 0 saturated heterocycles. The first-order valence-electron chi connectivity index (χ1n) is 5.99. The number of hydrogen-bond acceptors (Lipinski definition) is 4. The number of carboxylic acid groups (broad SMARTS) is 1. The van der Waals surface area contributed by atoms with E-state index in [1.807, 2.05) is 11.0 Å². The van der Waals surface area contributed by atoms with E-state index in [-0.39, 0.29) is 17.9 Å². The van der Waals surface area contributed by atoms with Crippen LogP contribution >= 0.6 is 0 Å². The predicted octanol–water partition coefficient (Wildman–Crippen LogP) is 0.426. The van der Waals surface area contributed by atoms with E-state index in [4.69, 9.17) is 10.2 Å². The van der Waals surface area contributed by atoms with E-state index in [9.17, 15) is 13.2 Å². The summed E-state index contributed by atoms with van der Waals surface area (Å²) in [5.74, 6) is -1.09. The number of rotatable bonds is 4. The van der Waals surface area contributed by atoms with E-state index in [1.165, 1.54) is 0 Å². The summed E-state index contributed by atoms with van der Waals surface area (Å²) in [7, 11) is -3.51. The molecule has 1 aromatic rings. The van der Waals surface area contributed by atoms with Crippen LogP contribution in [0.15, 0.2) is 18.2 Å². The van der Waals surface area contributed by atoms with Gasteiger partial charge in [0.25, 0.3) is 0 Å². The predicted molar refractivity (Wildman–Crippen MR) is 71.9 cm³/mol. The molecule has 0 bridgehead atoms. The summed E-state index contributed by atoms with van der Waals surface area (Å²) >= 11 is 0. The number of primary sulfonamides is 1. The van der Waals surface area contributed by atoms with Crippen LogP contribution in [0.25, 0.3) is 0 Å². The lowest BCUT2D eigenvalue weighted by Crippen LogP contribution is -2.35. The summed E-state index contributed by atoms with van der Waals surface area (Å²) in [6, 6.07) is 5.08. The third-order valence-corrected chi connectivity index (χ3v) is 3.97. The van der Waals surface area contributed by atoms with Gasteiger partial charge in [-0.3, -0.25) is 0 Å². The molecular weight excluding hydrogens is 268 g/mol. The smallest absolute Gasteiger partial charge is 0.336 e. The van der Waals surface area contributed by atoms with E-state index < -0.39 is 16.0 Å². The second kappa shape index (κ2) is 5.18. The van der Waals surface area contributed by atoms with Crippen molar-refractivity contribution in [3.8, 4) is 0 Å². The molecule has 6 nitrogen and oxygen atoms in total. The van der Waals surface area contributed by atoms with Crippen molar-refractivity contribution in [1.82, 2.24) is 0 Å². The fourth-order valence-corrected chi connectivity index (χ4v) is 2.85. The molecule has 0 atom stereocenters. The molecule has 2 rings (SSSR count). The van der Waals surface area contributed by atoms with Gasteiger partial charge in [-0.1, -0.05) is 6.07 Å². The summed E-state index contributed by atoms with van der Waals surface area (Å²) < 4.78 is 22.0. The Morgan fingerprint density at radius 2 is 2.16 bits per heavy atom. The third kappa shape index (κ3) is 3.24. The quantitative estimate of drug-likeness (QED) is 0.834. The van der Waals surface area contributed by atoms with Crippen LogP contribution in [0.2, 0.25) is 0 Å². The standard InChI is InChI=1S/C12H16N2O4S/c13-19(17,18)8-7-14-6-2-4-9-10(12(15)16)3-1-5-11(9)14/h1,3,5H,2,4,6-8H2,(H,15,16)(H2,13,17,18). The van der Waals surface area contributed by atoms with Crippen LogP contribution in [0.5, 0.6) is 0 Å². The number of anilines is 1. The Balaban J connectivity index is 2.29. The van der Waals surface area contributed by atoms with Crippen LogP contribution < -0.4 is 10.0 Å². The number of nitrogens with zero attached hydrogens (tertiary/aromatic N) is 1. The molecule has 0 aromatic heterocycles. The van der Waals surface area contributed by atoms with Crippen molar-refractivity contribution in [1.29, 1.82) is 0 Å². The van der Waals surface area contributed by atoms with Gasteiger partial charge in [-0.25, -0.2) is 18.4 Å². The highest BCUT2D eigenvalue weighted by molar-refractivity contribution is 7.89. The lowest BCUT2D eigenvalue weighted by atomic mass is 9.96. The maximum Gasteiger partial charge on any atom is 0.336 e. The Hall–Kier alpha value is -1.60. The zero-order valence-corrected chi connectivity index (χ0v) is 11.2. The highest BCUT2D eigenvalue weighted by Crippen LogP contribution is 2.29. The van der Waals surface area contributed by atoms with E-state index in [1.54, 1.807) is 12.1 Å². The van der Waals surface area contributed by atoms with Crippen molar-refractivity contribution in [3.05, 3.63) is 29.3 Å². The normalized spacial score (nSPS) is 15.1. The van der Waals surface area contributed by atoms with Gasteiger partial charge in [0.15, 0.2) is 0 Å². The molecule has 0 amide bonds. The van der Waals surface area contributed by atoms with Gasteiger partial charge in [-0.15, -0.1) is 0 Å². The number of aromatic carboxylic acids is 1. The minimum Gasteiger partial charge on any atom is -0.478 e. The van der Waals surface area contributed by atoms with Crippen LogP contribution in [0.1, 0.15) is 22.3 Å². The fraction of sp³-hybridized carbons (Fsp3) is 0.417. The van der Waals surface area contributed by atoms with Crippen molar-refractivity contribution in [2.24, 2.45) is 5.14 Å². The minimum absolute atomic E-state index is 0.135. The highest BCUT2D eigenvalue weighted by atomic mass is 32.2. The topological polar surface area (TPSA) is 101 Å². The zero-order valence-electron chi connectivity index (χ0n) is 10.4. The Morgan fingerprint density at radius 1 is 1.42 bits per heavy atom. The van der Waals surface area contributed by atoms with Crippen LogP contribution in [-0.4, -0.2) is 38.3 Å². The second-order valence-corrected chi connectivity index (χ2v) is 6.30. The Kier molecular flexibility index (Phi) is 3.77. The first-order valence-corrected chi connectivity index (χ1v) is 7.70. The Labute approximate surface area is 111 Å². The molecule has 1 aromatic carbocycles. The molecule has 1 heterocycles. The molecule has 0 spiro atoms. The van der Waals surface area contributed by atoms with Gasteiger partial charge in [0.05, 0.1) is 11.3 Å². The van der Waals surface area contributed by atoms with E-state index in [2.05, 4.69) is 0 Å². The third-order valence-electron chi connectivity index (χ3n) is 3.22. The summed E-state index contributed by atoms with van der Waals surface area (Å²) in [5, 5.41) is 14.2. The average Bonchev–Trinajstić information content (AvgIpc) is 2.34. The van der Waals surface area contributed by atoms with E-state index in [0.717, 1.165) is 17.7 Å². The van der Waals surface area contributed by atoms with Crippen molar-refractivity contribution in [2.45, 2.75) is 12.8 Å². The molecule has 104 valence electrons. The Morgan fingerprint density at radius 3 is 2.79 bits per heavy atom. The maximum atomic E-state index is 11.2. The number of fused-ring (bicyclic) bond motifs is 1. The van der Waals surface area contributed by atoms with Crippen molar-refractivity contribution in [3.63, 3.8) is 0 Å². The second-order valence-electron chi connectivity index (χ2n) is 4.57. The van der Waals surface area contributed by atoms with E-state index in [0.29, 0.717) is 13.0 Å². The van der Waals surface area contributed by atoms with E-state index >= 15 is 0 Å². The summed E-state index contributed by atoms with van der Waals surface area (Å²) in [6.45, 7) is 1.00. The highest BCUT2D eigenvalue weighted by Gasteiger charge is 2.22. The molecule has 1 aliphatic rings. The molecule has 19 heavy (non-hydrogen) atoms. The van der Waals surface area contributed by atoms with Gasteiger partial charge in [0, 0.05) is 18.8 Å². The Bertz CT molecular complexity index is 598. The first-order chi connectivity index (χ1) is 8.88. The summed E-state index contributed by atoms with van der Waals surface area (Å²) in [4.78, 5) is 13.0. The summed E-state index contributed by atoms with van der Waals surface area (Å²) in [5.41, 5.74) is 1.86. The summed E-state index contributed by atoms with van der Waals surface area (Å²) in [6.07, 6.45) is 1.51. The number of hydrogen-bond donors (Lipinski definition) is 2. The molecule has 1 aliphatic heterocycles. The van der Waals surface area contributed by atoms with Gasteiger partial charge in [-0.05, 0) is 30.5 Å². The molecule has 0 saturated carbocycles. The fourth-order valence-electron chi connectivity index (χ4n) is 2.37. The van der Waals surface area contributed by atoms with Crippen molar-refractivity contribution < 1.29 is 18.3 Å². The number of carboxylic acids is 1. The molecule has 7 heteroatoms. The largest absolute Gasteiger partial charge is 0.478 e. The lowest BCUT2D eigenvalue weighted by Gasteiger charge is -2.31. The monoisotopic (exact) mass is 284 g/mol. The van der Waals surface area contributed by atoms with Crippen LogP contribution in [-0.2, 0) is 16.4 Å². The van der Waals surface area contributed by atoms with Crippen LogP contribution in [0.4, 0.5) is 5.69 Å². The number of sulfonamides is 1. The van der Waals surface area contributed by atoms with Crippen molar-refractivity contribution >= 4 is 21.7 Å².